The minimum atomic E-state index is 0.853. The molecule has 0 amide bonds. The van der Waals surface area contributed by atoms with Crippen molar-refractivity contribution in [3.05, 3.63) is 41.7 Å². The quantitative estimate of drug-likeness (QED) is 0.807. The third-order valence-electron chi connectivity index (χ3n) is 4.12. The molecule has 22 heavy (non-hydrogen) atoms. The topological polar surface area (TPSA) is 50.1 Å². The minimum absolute atomic E-state index is 0.853. The predicted molar refractivity (Wildman–Crippen MR) is 85.1 cm³/mol. The summed E-state index contributed by atoms with van der Waals surface area (Å²) in [4.78, 5) is 4.96. The number of aromatic nitrogens is 4. The summed E-state index contributed by atoms with van der Waals surface area (Å²) in [6.45, 7) is 9.30. The Hall–Kier alpha value is -1.79. The van der Waals surface area contributed by atoms with Crippen LogP contribution in [-0.4, -0.2) is 56.2 Å². The Bertz CT molecular complexity index is 559. The first-order valence-electron chi connectivity index (χ1n) is 8.09. The predicted octanol–water partition coefficient (Wildman–Crippen LogP) is 1.40. The Morgan fingerprint density at radius 2 is 1.64 bits per heavy atom. The van der Waals surface area contributed by atoms with E-state index in [-0.39, 0.29) is 0 Å². The highest BCUT2D eigenvalue weighted by molar-refractivity contribution is 5.14. The summed E-state index contributed by atoms with van der Waals surface area (Å²) in [5.41, 5.74) is 1.39. The molecule has 0 radical (unpaired) electrons. The van der Waals surface area contributed by atoms with Crippen molar-refractivity contribution >= 4 is 0 Å². The normalized spacial score (nSPS) is 17.0. The number of nitrogens with zero attached hydrogens (tertiary/aromatic N) is 6. The van der Waals surface area contributed by atoms with Gasteiger partial charge in [-0.05, 0) is 22.4 Å². The van der Waals surface area contributed by atoms with Crippen molar-refractivity contribution in [2.45, 2.75) is 33.0 Å². The van der Waals surface area contributed by atoms with Gasteiger partial charge < -0.3 is 0 Å². The second-order valence-electron chi connectivity index (χ2n) is 5.86. The summed E-state index contributed by atoms with van der Waals surface area (Å²) in [5.74, 6) is 0.985. The largest absolute Gasteiger partial charge is 0.297 e. The van der Waals surface area contributed by atoms with E-state index in [9.17, 15) is 0 Å². The van der Waals surface area contributed by atoms with Crippen molar-refractivity contribution in [1.82, 2.24) is 30.0 Å². The Labute approximate surface area is 131 Å². The highest BCUT2D eigenvalue weighted by Crippen LogP contribution is 2.10. The standard InChI is InChI=1S/C16H24N6/c1-2-8-22-16(17-18-19-22)14-21-11-9-20(10-12-21)13-15-6-4-3-5-7-15/h3-7H,2,8-14H2,1H3. The molecule has 0 atom stereocenters. The van der Waals surface area contributed by atoms with Crippen molar-refractivity contribution in [2.24, 2.45) is 0 Å². The van der Waals surface area contributed by atoms with Crippen LogP contribution in [0.1, 0.15) is 24.7 Å². The van der Waals surface area contributed by atoms with Crippen molar-refractivity contribution in [3.63, 3.8) is 0 Å². The summed E-state index contributed by atoms with van der Waals surface area (Å²) in [6, 6.07) is 10.7. The molecule has 6 nitrogen and oxygen atoms in total. The van der Waals surface area contributed by atoms with Crippen LogP contribution in [0, 0.1) is 0 Å². The van der Waals surface area contributed by atoms with Crippen LogP contribution in [-0.2, 0) is 19.6 Å². The highest BCUT2D eigenvalue weighted by atomic mass is 15.5. The zero-order valence-corrected chi connectivity index (χ0v) is 13.2. The van der Waals surface area contributed by atoms with Crippen molar-refractivity contribution in [1.29, 1.82) is 0 Å². The van der Waals surface area contributed by atoms with E-state index < -0.39 is 0 Å². The number of piperazine rings is 1. The van der Waals surface area contributed by atoms with E-state index in [0.29, 0.717) is 0 Å². The summed E-state index contributed by atoms with van der Waals surface area (Å²) in [6.07, 6.45) is 1.06. The van der Waals surface area contributed by atoms with Crippen LogP contribution in [0.15, 0.2) is 30.3 Å². The fourth-order valence-electron chi connectivity index (χ4n) is 2.87. The molecule has 0 unspecified atom stereocenters. The van der Waals surface area contributed by atoms with Crippen LogP contribution in [0.3, 0.4) is 0 Å². The molecule has 6 heteroatoms. The molecule has 1 aliphatic rings. The van der Waals surface area contributed by atoms with E-state index >= 15 is 0 Å². The summed E-state index contributed by atoms with van der Waals surface area (Å²) < 4.78 is 1.93. The number of benzene rings is 1. The Kier molecular flexibility index (Phi) is 5.13. The molecule has 1 fully saturated rings. The molecule has 0 saturated carbocycles. The fraction of sp³-hybridized carbons (Fsp3) is 0.562. The van der Waals surface area contributed by atoms with Crippen molar-refractivity contribution in [2.75, 3.05) is 26.2 Å². The zero-order valence-electron chi connectivity index (χ0n) is 13.2. The Balaban J connectivity index is 1.48. The van der Waals surface area contributed by atoms with E-state index in [0.717, 1.165) is 58.1 Å². The molecule has 0 N–H and O–H groups in total. The van der Waals surface area contributed by atoms with Gasteiger partial charge in [0.05, 0.1) is 6.54 Å². The molecule has 3 rings (SSSR count). The summed E-state index contributed by atoms with van der Waals surface area (Å²) in [7, 11) is 0. The second kappa shape index (κ2) is 7.47. The van der Waals surface area contributed by atoms with Gasteiger partial charge in [-0.1, -0.05) is 37.3 Å². The molecular weight excluding hydrogens is 276 g/mol. The molecule has 0 spiro atoms. The zero-order chi connectivity index (χ0) is 15.2. The number of tetrazole rings is 1. The maximum Gasteiger partial charge on any atom is 0.165 e. The second-order valence-corrected chi connectivity index (χ2v) is 5.86. The number of hydrogen-bond acceptors (Lipinski definition) is 5. The molecule has 0 bridgehead atoms. The molecule has 1 aromatic carbocycles. The molecule has 1 saturated heterocycles. The summed E-state index contributed by atoms with van der Waals surface area (Å²) in [5, 5.41) is 12.0. The molecule has 1 aliphatic heterocycles. The van der Waals surface area contributed by atoms with E-state index in [2.05, 4.69) is 62.6 Å². The molecule has 2 heterocycles. The van der Waals surface area contributed by atoms with Crippen LogP contribution >= 0.6 is 0 Å². The van der Waals surface area contributed by atoms with Crippen molar-refractivity contribution in [3.8, 4) is 0 Å². The van der Waals surface area contributed by atoms with Gasteiger partial charge in [-0.15, -0.1) is 5.10 Å². The lowest BCUT2D eigenvalue weighted by Gasteiger charge is -2.34. The lowest BCUT2D eigenvalue weighted by atomic mass is 10.2. The van der Waals surface area contributed by atoms with Gasteiger partial charge in [0.15, 0.2) is 5.82 Å². The third kappa shape index (κ3) is 3.90. The maximum absolute atomic E-state index is 4.16. The number of aryl methyl sites for hydroxylation is 1. The van der Waals surface area contributed by atoms with Gasteiger partial charge in [0.25, 0.3) is 0 Å². The van der Waals surface area contributed by atoms with Crippen LogP contribution in [0.5, 0.6) is 0 Å². The fourth-order valence-corrected chi connectivity index (χ4v) is 2.87. The average molecular weight is 300 g/mol. The van der Waals surface area contributed by atoms with E-state index in [1.54, 1.807) is 0 Å². The molecular formula is C16H24N6. The van der Waals surface area contributed by atoms with Gasteiger partial charge in [-0.3, -0.25) is 9.80 Å². The maximum atomic E-state index is 4.16. The summed E-state index contributed by atoms with van der Waals surface area (Å²) >= 11 is 0. The van der Waals surface area contributed by atoms with Gasteiger partial charge in [0.1, 0.15) is 0 Å². The Morgan fingerprint density at radius 3 is 2.32 bits per heavy atom. The Morgan fingerprint density at radius 1 is 0.955 bits per heavy atom. The van der Waals surface area contributed by atoms with Gasteiger partial charge in [-0.2, -0.15) is 0 Å². The van der Waals surface area contributed by atoms with Gasteiger partial charge in [0.2, 0.25) is 0 Å². The highest BCUT2D eigenvalue weighted by Gasteiger charge is 2.19. The average Bonchev–Trinajstić information content (AvgIpc) is 2.98. The first kappa shape index (κ1) is 15.1. The molecule has 2 aromatic rings. The van der Waals surface area contributed by atoms with Crippen LogP contribution < -0.4 is 0 Å². The lowest BCUT2D eigenvalue weighted by Crippen LogP contribution is -2.45. The van der Waals surface area contributed by atoms with Crippen LogP contribution in [0.25, 0.3) is 0 Å². The van der Waals surface area contributed by atoms with Crippen molar-refractivity contribution < 1.29 is 0 Å². The third-order valence-corrected chi connectivity index (χ3v) is 4.12. The van der Waals surface area contributed by atoms with Gasteiger partial charge in [-0.25, -0.2) is 4.68 Å². The first-order valence-corrected chi connectivity index (χ1v) is 8.09. The van der Waals surface area contributed by atoms with Gasteiger partial charge >= 0.3 is 0 Å². The van der Waals surface area contributed by atoms with E-state index in [1.807, 2.05) is 4.68 Å². The smallest absolute Gasteiger partial charge is 0.165 e. The van der Waals surface area contributed by atoms with Crippen LogP contribution in [0.4, 0.5) is 0 Å². The lowest BCUT2D eigenvalue weighted by molar-refractivity contribution is 0.118. The van der Waals surface area contributed by atoms with Crippen LogP contribution in [0.2, 0.25) is 0 Å². The SMILES string of the molecule is CCCn1nnnc1CN1CCN(Cc2ccccc2)CC1. The van der Waals surface area contributed by atoms with E-state index in [4.69, 9.17) is 0 Å². The molecule has 1 aromatic heterocycles. The number of hydrogen-bond donors (Lipinski definition) is 0. The van der Waals surface area contributed by atoms with E-state index in [1.165, 1.54) is 5.56 Å². The molecule has 118 valence electrons. The minimum Gasteiger partial charge on any atom is -0.297 e. The van der Waals surface area contributed by atoms with Gasteiger partial charge in [0, 0.05) is 39.3 Å². The first-order chi connectivity index (χ1) is 10.8. The molecule has 0 aliphatic carbocycles. The number of rotatable bonds is 6. The monoisotopic (exact) mass is 300 g/mol.